The van der Waals surface area contributed by atoms with Gasteiger partial charge in [0, 0.05) is 19.2 Å². The quantitative estimate of drug-likeness (QED) is 0.633. The van der Waals surface area contributed by atoms with E-state index >= 15 is 0 Å². The van der Waals surface area contributed by atoms with E-state index < -0.39 is 0 Å². The number of nitrogens with zero attached hydrogens (tertiary/aromatic N) is 2. The third-order valence-corrected chi connectivity index (χ3v) is 3.47. The molecule has 5 heteroatoms. The molecule has 104 valence electrons. The minimum absolute atomic E-state index is 0.185. The molecule has 19 heavy (non-hydrogen) atoms. The van der Waals surface area contributed by atoms with Crippen LogP contribution in [0.5, 0.6) is 0 Å². The molecule has 0 atom stereocenters. The van der Waals surface area contributed by atoms with Crippen LogP contribution in [0.2, 0.25) is 0 Å². The summed E-state index contributed by atoms with van der Waals surface area (Å²) in [5.74, 6) is 0. The van der Waals surface area contributed by atoms with Crippen molar-refractivity contribution in [2.24, 2.45) is 0 Å². The van der Waals surface area contributed by atoms with E-state index in [2.05, 4.69) is 17.1 Å². The fourth-order valence-electron chi connectivity index (χ4n) is 2.51. The third kappa shape index (κ3) is 3.44. The van der Waals surface area contributed by atoms with Crippen molar-refractivity contribution in [1.29, 1.82) is 0 Å². The maximum atomic E-state index is 11.1. The van der Waals surface area contributed by atoms with Gasteiger partial charge in [-0.15, -0.1) is 0 Å². The van der Waals surface area contributed by atoms with Crippen molar-refractivity contribution in [3.8, 4) is 0 Å². The van der Waals surface area contributed by atoms with Crippen molar-refractivity contribution in [3.05, 3.63) is 33.9 Å². The fourth-order valence-corrected chi connectivity index (χ4v) is 2.51. The molecule has 1 aliphatic heterocycles. The van der Waals surface area contributed by atoms with Gasteiger partial charge >= 0.3 is 0 Å². The first-order valence-corrected chi connectivity index (χ1v) is 6.95. The Morgan fingerprint density at radius 2 is 2.11 bits per heavy atom. The summed E-state index contributed by atoms with van der Waals surface area (Å²) < 4.78 is 0. The molecule has 1 aromatic rings. The molecule has 0 aliphatic carbocycles. The zero-order valence-corrected chi connectivity index (χ0v) is 11.4. The smallest absolute Gasteiger partial charge is 0.292 e. The van der Waals surface area contributed by atoms with Crippen molar-refractivity contribution < 1.29 is 4.92 Å². The minimum atomic E-state index is -0.300. The average Bonchev–Trinajstić information content (AvgIpc) is 2.89. The van der Waals surface area contributed by atoms with E-state index in [0.29, 0.717) is 5.69 Å². The van der Waals surface area contributed by atoms with Gasteiger partial charge in [-0.1, -0.05) is 19.1 Å². The first kappa shape index (κ1) is 13.8. The topological polar surface area (TPSA) is 58.4 Å². The summed E-state index contributed by atoms with van der Waals surface area (Å²) in [5.41, 5.74) is 1.91. The zero-order chi connectivity index (χ0) is 13.7. The summed E-state index contributed by atoms with van der Waals surface area (Å²) in [7, 11) is 0. The number of nitrogens with one attached hydrogen (secondary N) is 1. The Labute approximate surface area is 113 Å². The van der Waals surface area contributed by atoms with Gasteiger partial charge < -0.3 is 5.32 Å². The van der Waals surface area contributed by atoms with E-state index in [4.69, 9.17) is 0 Å². The monoisotopic (exact) mass is 263 g/mol. The number of rotatable bonds is 6. The highest BCUT2D eigenvalue weighted by Crippen LogP contribution is 2.29. The first-order valence-electron chi connectivity index (χ1n) is 6.95. The number of likely N-dealkylation sites (tertiary alicyclic amines) is 1. The molecule has 1 aromatic carbocycles. The molecule has 0 radical (unpaired) electrons. The molecule has 1 heterocycles. The van der Waals surface area contributed by atoms with Crippen molar-refractivity contribution in [1.82, 2.24) is 4.90 Å². The van der Waals surface area contributed by atoms with Gasteiger partial charge in [0.05, 0.1) is 4.92 Å². The van der Waals surface area contributed by atoms with Crippen LogP contribution in [0.15, 0.2) is 18.2 Å². The van der Waals surface area contributed by atoms with Crippen LogP contribution in [0.25, 0.3) is 0 Å². The molecule has 0 amide bonds. The van der Waals surface area contributed by atoms with E-state index in [0.717, 1.165) is 38.2 Å². The van der Waals surface area contributed by atoms with Gasteiger partial charge in [0.15, 0.2) is 0 Å². The Hall–Kier alpha value is -1.62. The van der Waals surface area contributed by atoms with Gasteiger partial charge in [-0.2, -0.15) is 0 Å². The van der Waals surface area contributed by atoms with E-state index in [9.17, 15) is 10.1 Å². The molecule has 0 spiro atoms. The summed E-state index contributed by atoms with van der Waals surface area (Å²) >= 11 is 0. The fraction of sp³-hybridized carbons (Fsp3) is 0.571. The first-order chi connectivity index (χ1) is 9.22. The van der Waals surface area contributed by atoms with Gasteiger partial charge in [0.25, 0.3) is 5.69 Å². The highest BCUT2D eigenvalue weighted by atomic mass is 16.6. The number of para-hydroxylation sites is 1. The molecule has 0 unspecified atom stereocenters. The zero-order valence-electron chi connectivity index (χ0n) is 11.4. The lowest BCUT2D eigenvalue weighted by molar-refractivity contribution is -0.384. The maximum Gasteiger partial charge on any atom is 0.292 e. The Kier molecular flexibility index (Phi) is 4.74. The second-order valence-electron chi connectivity index (χ2n) is 4.98. The number of hydrogen-bond acceptors (Lipinski definition) is 4. The molecular formula is C14H21N3O2. The second kappa shape index (κ2) is 6.52. The van der Waals surface area contributed by atoms with Crippen molar-refractivity contribution >= 4 is 11.4 Å². The van der Waals surface area contributed by atoms with E-state index in [1.165, 1.54) is 12.8 Å². The van der Waals surface area contributed by atoms with E-state index in [1.54, 1.807) is 12.1 Å². The van der Waals surface area contributed by atoms with Crippen LogP contribution < -0.4 is 5.32 Å². The van der Waals surface area contributed by atoms with E-state index in [-0.39, 0.29) is 10.6 Å². The van der Waals surface area contributed by atoms with Crippen LogP contribution in [0.4, 0.5) is 11.4 Å². The summed E-state index contributed by atoms with van der Waals surface area (Å²) in [5, 5.41) is 14.3. The van der Waals surface area contributed by atoms with Crippen LogP contribution in [-0.4, -0.2) is 29.5 Å². The summed E-state index contributed by atoms with van der Waals surface area (Å²) in [4.78, 5) is 13.2. The number of hydrogen-bond donors (Lipinski definition) is 1. The van der Waals surface area contributed by atoms with Crippen LogP contribution in [0.1, 0.15) is 31.7 Å². The molecule has 1 fully saturated rings. The predicted octanol–water partition coefficient (Wildman–Crippen LogP) is 3.01. The Bertz CT molecular complexity index is 442. The van der Waals surface area contributed by atoms with Crippen molar-refractivity contribution in [2.45, 2.75) is 32.7 Å². The molecule has 5 nitrogen and oxygen atoms in total. The Balaban J connectivity index is 2.23. The van der Waals surface area contributed by atoms with Crippen molar-refractivity contribution in [3.63, 3.8) is 0 Å². The van der Waals surface area contributed by atoms with E-state index in [1.807, 2.05) is 6.07 Å². The standard InChI is InChI=1S/C14H21N3O2/c1-2-8-15-14-12(11-16-9-3-4-10-16)6-5-7-13(14)17(18)19/h5-7,15H,2-4,8-11H2,1H3. The summed E-state index contributed by atoms with van der Waals surface area (Å²) in [6.07, 6.45) is 3.41. The molecule has 0 aromatic heterocycles. The third-order valence-electron chi connectivity index (χ3n) is 3.47. The SMILES string of the molecule is CCCNc1c(CN2CCCC2)cccc1[N+](=O)[O-]. The normalized spacial score (nSPS) is 15.6. The molecule has 1 N–H and O–H groups in total. The largest absolute Gasteiger partial charge is 0.379 e. The number of nitro benzene ring substituents is 1. The Morgan fingerprint density at radius 3 is 2.74 bits per heavy atom. The summed E-state index contributed by atoms with van der Waals surface area (Å²) in [6, 6.07) is 5.34. The lowest BCUT2D eigenvalue weighted by Crippen LogP contribution is -2.19. The lowest BCUT2D eigenvalue weighted by atomic mass is 10.1. The van der Waals surface area contributed by atoms with Crippen LogP contribution in [0.3, 0.4) is 0 Å². The molecule has 1 saturated heterocycles. The van der Waals surface area contributed by atoms with Gasteiger partial charge in [-0.3, -0.25) is 15.0 Å². The average molecular weight is 263 g/mol. The van der Waals surface area contributed by atoms with Gasteiger partial charge in [0.2, 0.25) is 0 Å². The van der Waals surface area contributed by atoms with Gasteiger partial charge in [-0.25, -0.2) is 0 Å². The molecule has 1 aliphatic rings. The molecule has 0 saturated carbocycles. The highest BCUT2D eigenvalue weighted by molar-refractivity contribution is 5.66. The van der Waals surface area contributed by atoms with Gasteiger partial charge in [-0.05, 0) is 37.9 Å². The number of nitro groups is 1. The number of benzene rings is 1. The molecular weight excluding hydrogens is 242 g/mol. The summed E-state index contributed by atoms with van der Waals surface area (Å²) in [6.45, 7) is 5.80. The molecule has 0 bridgehead atoms. The predicted molar refractivity (Wildman–Crippen MR) is 76.4 cm³/mol. The molecule has 2 rings (SSSR count). The number of anilines is 1. The maximum absolute atomic E-state index is 11.1. The highest BCUT2D eigenvalue weighted by Gasteiger charge is 2.19. The van der Waals surface area contributed by atoms with Gasteiger partial charge in [0.1, 0.15) is 5.69 Å². The van der Waals surface area contributed by atoms with Crippen LogP contribution in [0, 0.1) is 10.1 Å². The lowest BCUT2D eigenvalue weighted by Gasteiger charge is -2.18. The minimum Gasteiger partial charge on any atom is -0.379 e. The van der Waals surface area contributed by atoms with Crippen LogP contribution in [-0.2, 0) is 6.54 Å². The Morgan fingerprint density at radius 1 is 1.37 bits per heavy atom. The second-order valence-corrected chi connectivity index (χ2v) is 4.98. The van der Waals surface area contributed by atoms with Crippen molar-refractivity contribution in [2.75, 3.05) is 25.0 Å². The van der Waals surface area contributed by atoms with Crippen LogP contribution >= 0.6 is 0 Å².